The molecule has 2 rings (SSSR count). The Morgan fingerprint density at radius 2 is 2.07 bits per heavy atom. The molecule has 0 fully saturated rings. The van der Waals surface area contributed by atoms with Gasteiger partial charge in [-0.1, -0.05) is 11.6 Å². The minimum Gasteiger partial charge on any atom is -0.477 e. The van der Waals surface area contributed by atoms with Gasteiger partial charge in [-0.2, -0.15) is 0 Å². The molecular formula is C18H22ClN3O4S. The Bertz CT molecular complexity index is 832. The van der Waals surface area contributed by atoms with Crippen molar-refractivity contribution in [2.75, 3.05) is 11.9 Å². The second kappa shape index (κ2) is 8.58. The van der Waals surface area contributed by atoms with Crippen LogP contribution in [0.15, 0.2) is 24.4 Å². The van der Waals surface area contributed by atoms with Crippen molar-refractivity contribution in [2.24, 2.45) is 0 Å². The third-order valence-corrected chi connectivity index (χ3v) is 4.68. The lowest BCUT2D eigenvalue weighted by Gasteiger charge is -2.22. The van der Waals surface area contributed by atoms with Crippen LogP contribution in [0.3, 0.4) is 0 Å². The van der Waals surface area contributed by atoms with Gasteiger partial charge in [-0.05, 0) is 51.5 Å². The predicted octanol–water partition coefficient (Wildman–Crippen LogP) is 4.49. The number of aromatic nitrogens is 1. The summed E-state index contributed by atoms with van der Waals surface area (Å²) in [5.74, 6) is -1.03. The summed E-state index contributed by atoms with van der Waals surface area (Å²) < 4.78 is 5.21. The predicted molar refractivity (Wildman–Crippen MR) is 107 cm³/mol. The number of carbonyl (C=O) groups excluding carboxylic acids is 1. The highest BCUT2D eigenvalue weighted by molar-refractivity contribution is 7.18. The number of carbonyl (C=O) groups is 2. The van der Waals surface area contributed by atoms with E-state index in [2.05, 4.69) is 15.6 Å². The molecule has 146 valence electrons. The number of rotatable bonds is 6. The Balaban J connectivity index is 2.07. The van der Waals surface area contributed by atoms with Crippen molar-refractivity contribution in [2.45, 2.75) is 39.3 Å². The number of alkyl carbamates (subject to hydrolysis) is 1. The lowest BCUT2D eigenvalue weighted by atomic mass is 10.2. The summed E-state index contributed by atoms with van der Waals surface area (Å²) in [6.45, 7) is 7.49. The molecule has 0 saturated carbocycles. The molecule has 0 aromatic carbocycles. The van der Waals surface area contributed by atoms with E-state index in [0.717, 1.165) is 21.8 Å². The Labute approximate surface area is 166 Å². The Kier molecular flexibility index (Phi) is 6.67. The monoisotopic (exact) mass is 411 g/mol. The van der Waals surface area contributed by atoms with Crippen LogP contribution in [-0.4, -0.2) is 40.3 Å². The minimum absolute atomic E-state index is 0.183. The first kappa shape index (κ1) is 21.0. The molecule has 0 radical (unpaired) electrons. The maximum Gasteiger partial charge on any atom is 0.407 e. The van der Waals surface area contributed by atoms with Crippen molar-refractivity contribution in [1.82, 2.24) is 10.3 Å². The lowest BCUT2D eigenvalue weighted by molar-refractivity contribution is 0.0510. The molecule has 0 saturated heterocycles. The molecule has 27 heavy (non-hydrogen) atoms. The maximum atomic E-state index is 11.8. The lowest BCUT2D eigenvalue weighted by Crippen LogP contribution is -2.40. The van der Waals surface area contributed by atoms with Crippen LogP contribution in [-0.2, 0) is 4.74 Å². The average molecular weight is 412 g/mol. The van der Waals surface area contributed by atoms with Crippen LogP contribution in [0, 0.1) is 0 Å². The van der Waals surface area contributed by atoms with E-state index in [4.69, 9.17) is 16.3 Å². The first-order valence-corrected chi connectivity index (χ1v) is 9.47. The van der Waals surface area contributed by atoms with Crippen molar-refractivity contribution in [3.8, 4) is 10.4 Å². The third-order valence-electron chi connectivity index (χ3n) is 3.30. The van der Waals surface area contributed by atoms with Crippen LogP contribution < -0.4 is 10.6 Å². The van der Waals surface area contributed by atoms with E-state index in [1.165, 1.54) is 0 Å². The van der Waals surface area contributed by atoms with E-state index in [0.29, 0.717) is 17.4 Å². The number of nitrogens with zero attached hydrogens (tertiary/aromatic N) is 1. The van der Waals surface area contributed by atoms with Crippen LogP contribution in [0.4, 0.5) is 10.5 Å². The summed E-state index contributed by atoms with van der Waals surface area (Å²) in [5.41, 5.74) is 0.686. The molecule has 1 unspecified atom stereocenters. The number of halogens is 1. The number of ether oxygens (including phenoxy) is 1. The zero-order valence-electron chi connectivity index (χ0n) is 15.5. The molecule has 0 bridgehead atoms. The largest absolute Gasteiger partial charge is 0.477 e. The molecule has 0 aliphatic rings. The molecule has 2 aromatic heterocycles. The highest BCUT2D eigenvalue weighted by atomic mass is 35.5. The average Bonchev–Trinajstić information content (AvgIpc) is 2.95. The van der Waals surface area contributed by atoms with E-state index >= 15 is 0 Å². The van der Waals surface area contributed by atoms with Crippen molar-refractivity contribution in [1.29, 1.82) is 0 Å². The van der Waals surface area contributed by atoms with Crippen molar-refractivity contribution < 1.29 is 19.4 Å². The molecule has 3 N–H and O–H groups in total. The van der Waals surface area contributed by atoms with Gasteiger partial charge in [0.1, 0.15) is 15.6 Å². The van der Waals surface area contributed by atoms with Gasteiger partial charge in [0, 0.05) is 23.7 Å². The highest BCUT2D eigenvalue weighted by Crippen LogP contribution is 2.35. The van der Waals surface area contributed by atoms with Gasteiger partial charge in [-0.25, -0.2) is 14.6 Å². The summed E-state index contributed by atoms with van der Waals surface area (Å²) in [5, 5.41) is 15.6. The number of amides is 1. The summed E-state index contributed by atoms with van der Waals surface area (Å²) >= 11 is 7.05. The second-order valence-corrected chi connectivity index (χ2v) is 8.39. The van der Waals surface area contributed by atoms with Gasteiger partial charge < -0.3 is 20.5 Å². The smallest absolute Gasteiger partial charge is 0.407 e. The number of nitrogens with one attached hydrogen (secondary N) is 2. The van der Waals surface area contributed by atoms with Gasteiger partial charge in [-0.15, -0.1) is 11.3 Å². The number of pyridine rings is 1. The molecule has 1 amide bonds. The molecule has 0 aliphatic carbocycles. The standard InChI is InChI=1S/C18H22ClN3O4S/c1-10(22-17(25)26-18(2,3)4)9-21-12-8-13(27-15(12)16(23)24)11-5-6-20-14(19)7-11/h5-8,10,21H,9H2,1-4H3,(H,22,25)(H,23,24). The minimum atomic E-state index is -1.03. The zero-order chi connectivity index (χ0) is 20.2. The quantitative estimate of drug-likeness (QED) is 0.605. The van der Waals surface area contributed by atoms with Crippen LogP contribution in [0.1, 0.15) is 37.4 Å². The van der Waals surface area contributed by atoms with E-state index in [1.807, 2.05) is 0 Å². The topological polar surface area (TPSA) is 101 Å². The Hall–Kier alpha value is -2.32. The number of anilines is 1. The summed E-state index contributed by atoms with van der Waals surface area (Å²) in [6.07, 6.45) is 1.05. The Morgan fingerprint density at radius 1 is 1.37 bits per heavy atom. The van der Waals surface area contributed by atoms with Crippen molar-refractivity contribution in [3.05, 3.63) is 34.4 Å². The van der Waals surface area contributed by atoms with Gasteiger partial charge in [0.2, 0.25) is 0 Å². The number of carboxylic acid groups (broad SMARTS) is 1. The molecule has 2 aromatic rings. The third kappa shape index (κ3) is 6.41. The van der Waals surface area contributed by atoms with Gasteiger partial charge in [0.05, 0.1) is 5.69 Å². The highest BCUT2D eigenvalue weighted by Gasteiger charge is 2.19. The molecule has 2 heterocycles. The molecule has 1 atom stereocenters. The number of thiophene rings is 1. The van der Waals surface area contributed by atoms with Gasteiger partial charge >= 0.3 is 12.1 Å². The maximum absolute atomic E-state index is 11.8. The molecule has 0 aliphatic heterocycles. The van der Waals surface area contributed by atoms with E-state index in [1.54, 1.807) is 52.1 Å². The fraction of sp³-hybridized carbons (Fsp3) is 0.389. The van der Waals surface area contributed by atoms with E-state index < -0.39 is 17.7 Å². The SMILES string of the molecule is CC(CNc1cc(-c2ccnc(Cl)c2)sc1C(=O)O)NC(=O)OC(C)(C)C. The molecule has 7 nitrogen and oxygen atoms in total. The summed E-state index contributed by atoms with van der Waals surface area (Å²) in [4.78, 5) is 28.2. The van der Waals surface area contributed by atoms with Gasteiger partial charge in [0.25, 0.3) is 0 Å². The van der Waals surface area contributed by atoms with Crippen LogP contribution in [0.5, 0.6) is 0 Å². The first-order chi connectivity index (χ1) is 12.5. The normalized spacial score (nSPS) is 12.3. The van der Waals surface area contributed by atoms with Gasteiger partial charge in [-0.3, -0.25) is 0 Å². The van der Waals surface area contributed by atoms with Crippen LogP contribution in [0.2, 0.25) is 5.15 Å². The van der Waals surface area contributed by atoms with Crippen LogP contribution >= 0.6 is 22.9 Å². The number of hydrogen-bond acceptors (Lipinski definition) is 6. The van der Waals surface area contributed by atoms with Crippen molar-refractivity contribution in [3.63, 3.8) is 0 Å². The summed E-state index contributed by atoms with van der Waals surface area (Å²) in [6, 6.07) is 4.93. The molecular weight excluding hydrogens is 390 g/mol. The Morgan fingerprint density at radius 3 is 2.67 bits per heavy atom. The first-order valence-electron chi connectivity index (χ1n) is 8.27. The summed E-state index contributed by atoms with van der Waals surface area (Å²) in [7, 11) is 0. The van der Waals surface area contributed by atoms with Crippen LogP contribution in [0.25, 0.3) is 10.4 Å². The van der Waals surface area contributed by atoms with E-state index in [-0.39, 0.29) is 10.9 Å². The van der Waals surface area contributed by atoms with Gasteiger partial charge in [0.15, 0.2) is 0 Å². The molecule has 0 spiro atoms. The molecule has 9 heteroatoms. The zero-order valence-corrected chi connectivity index (χ0v) is 17.1. The second-order valence-electron chi connectivity index (χ2n) is 6.95. The van der Waals surface area contributed by atoms with Crippen molar-refractivity contribution >= 4 is 40.7 Å². The fourth-order valence-electron chi connectivity index (χ4n) is 2.20. The number of aromatic carboxylic acids is 1. The number of hydrogen-bond donors (Lipinski definition) is 3. The number of carboxylic acids is 1. The van der Waals surface area contributed by atoms with E-state index in [9.17, 15) is 14.7 Å². The fourth-order valence-corrected chi connectivity index (χ4v) is 3.35.